The number of unbranched alkanes of at least 4 members (excludes halogenated alkanes) is 1. The van der Waals surface area contributed by atoms with Crippen LogP contribution in [0.25, 0.3) is 0 Å². The molecule has 0 saturated heterocycles. The molecule has 1 aromatic heterocycles. The minimum atomic E-state index is -0.114. The van der Waals surface area contributed by atoms with Crippen LogP contribution in [0, 0.1) is 5.92 Å². The van der Waals surface area contributed by atoms with E-state index in [0.717, 1.165) is 25.0 Å². The van der Waals surface area contributed by atoms with E-state index in [1.807, 2.05) is 12.3 Å². The molecule has 0 N–H and O–H groups in total. The van der Waals surface area contributed by atoms with Gasteiger partial charge in [0.25, 0.3) is 0 Å². The summed E-state index contributed by atoms with van der Waals surface area (Å²) < 4.78 is 5.15. The standard InChI is InChI=1S/C11H17NO2S/c1-3-4-5-9(2)11(13)14-6-10-7-15-8-12-10/h7-9H,3-6H2,1-2H3. The molecule has 3 nitrogen and oxygen atoms in total. The maximum absolute atomic E-state index is 11.5. The Morgan fingerprint density at radius 3 is 3.07 bits per heavy atom. The van der Waals surface area contributed by atoms with E-state index in [-0.39, 0.29) is 11.9 Å². The first-order chi connectivity index (χ1) is 7.24. The van der Waals surface area contributed by atoms with Crippen molar-refractivity contribution in [2.75, 3.05) is 0 Å². The highest BCUT2D eigenvalue weighted by atomic mass is 32.1. The zero-order valence-electron chi connectivity index (χ0n) is 9.23. The molecule has 1 aromatic rings. The van der Waals surface area contributed by atoms with Gasteiger partial charge in [0.2, 0.25) is 0 Å². The minimum absolute atomic E-state index is 0.00332. The van der Waals surface area contributed by atoms with Gasteiger partial charge in [-0.2, -0.15) is 0 Å². The molecule has 0 spiro atoms. The van der Waals surface area contributed by atoms with E-state index in [4.69, 9.17) is 4.74 Å². The molecule has 1 unspecified atom stereocenters. The number of ether oxygens (including phenoxy) is 1. The highest BCUT2D eigenvalue weighted by molar-refractivity contribution is 7.07. The van der Waals surface area contributed by atoms with Crippen molar-refractivity contribution in [3.63, 3.8) is 0 Å². The third-order valence-corrected chi connectivity index (χ3v) is 2.87. The van der Waals surface area contributed by atoms with Crippen LogP contribution in [0.5, 0.6) is 0 Å². The van der Waals surface area contributed by atoms with Crippen LogP contribution in [0.15, 0.2) is 10.9 Å². The largest absolute Gasteiger partial charge is 0.459 e. The SMILES string of the molecule is CCCCC(C)C(=O)OCc1cscn1. The maximum atomic E-state index is 11.5. The van der Waals surface area contributed by atoms with Crippen molar-refractivity contribution in [3.05, 3.63) is 16.6 Å². The number of rotatable bonds is 6. The number of hydrogen-bond acceptors (Lipinski definition) is 4. The molecule has 0 amide bonds. The lowest BCUT2D eigenvalue weighted by molar-refractivity contribution is -0.149. The van der Waals surface area contributed by atoms with Gasteiger partial charge in [-0.05, 0) is 6.42 Å². The number of esters is 1. The van der Waals surface area contributed by atoms with Crippen molar-refractivity contribution in [2.45, 2.75) is 39.7 Å². The molecule has 0 aliphatic rings. The molecule has 0 fully saturated rings. The van der Waals surface area contributed by atoms with Gasteiger partial charge in [0.05, 0.1) is 17.1 Å². The lowest BCUT2D eigenvalue weighted by atomic mass is 10.1. The van der Waals surface area contributed by atoms with Gasteiger partial charge in [0.15, 0.2) is 0 Å². The number of nitrogens with zero attached hydrogens (tertiary/aromatic N) is 1. The zero-order valence-corrected chi connectivity index (χ0v) is 10.0. The molecule has 15 heavy (non-hydrogen) atoms. The fourth-order valence-electron chi connectivity index (χ4n) is 1.22. The predicted molar refractivity (Wildman–Crippen MR) is 60.6 cm³/mol. The van der Waals surface area contributed by atoms with E-state index >= 15 is 0 Å². The molecular formula is C11H17NO2S. The van der Waals surface area contributed by atoms with Gasteiger partial charge >= 0.3 is 5.97 Å². The summed E-state index contributed by atoms with van der Waals surface area (Å²) in [5, 5.41) is 1.89. The quantitative estimate of drug-likeness (QED) is 0.701. The number of hydrogen-bond donors (Lipinski definition) is 0. The molecule has 0 radical (unpaired) electrons. The number of carbonyl (C=O) groups excluding carboxylic acids is 1. The first-order valence-corrected chi connectivity index (χ1v) is 6.22. The summed E-state index contributed by atoms with van der Waals surface area (Å²) in [5.74, 6) is -0.111. The second-order valence-electron chi connectivity index (χ2n) is 3.63. The summed E-state index contributed by atoms with van der Waals surface area (Å²) in [4.78, 5) is 15.5. The third kappa shape index (κ3) is 4.42. The average molecular weight is 227 g/mol. The van der Waals surface area contributed by atoms with E-state index < -0.39 is 0 Å². The summed E-state index contributed by atoms with van der Waals surface area (Å²) in [6.07, 6.45) is 3.10. The highest BCUT2D eigenvalue weighted by Crippen LogP contribution is 2.11. The van der Waals surface area contributed by atoms with Crippen LogP contribution in [0.2, 0.25) is 0 Å². The monoisotopic (exact) mass is 227 g/mol. The smallest absolute Gasteiger partial charge is 0.309 e. The van der Waals surface area contributed by atoms with E-state index in [1.165, 1.54) is 11.3 Å². The van der Waals surface area contributed by atoms with Gasteiger partial charge < -0.3 is 4.74 Å². The number of thiazole rings is 1. The fourth-order valence-corrected chi connectivity index (χ4v) is 1.77. The molecule has 0 aliphatic carbocycles. The molecular weight excluding hydrogens is 210 g/mol. The number of aromatic nitrogens is 1. The van der Waals surface area contributed by atoms with Crippen LogP contribution in [0.4, 0.5) is 0 Å². The van der Waals surface area contributed by atoms with E-state index in [0.29, 0.717) is 6.61 Å². The molecule has 4 heteroatoms. The average Bonchev–Trinajstić information content (AvgIpc) is 2.75. The van der Waals surface area contributed by atoms with Crippen molar-refractivity contribution in [3.8, 4) is 0 Å². The van der Waals surface area contributed by atoms with Crippen LogP contribution in [0.1, 0.15) is 38.8 Å². The Labute approximate surface area is 94.5 Å². The van der Waals surface area contributed by atoms with Crippen LogP contribution in [-0.4, -0.2) is 11.0 Å². The molecule has 1 atom stereocenters. The summed E-state index contributed by atoms with van der Waals surface area (Å²) >= 11 is 1.51. The summed E-state index contributed by atoms with van der Waals surface area (Å²) in [6.45, 7) is 4.34. The lowest BCUT2D eigenvalue weighted by Gasteiger charge is -2.09. The molecule has 0 aliphatic heterocycles. The Hall–Kier alpha value is -0.900. The van der Waals surface area contributed by atoms with Crippen LogP contribution >= 0.6 is 11.3 Å². The lowest BCUT2D eigenvalue weighted by Crippen LogP contribution is -2.14. The highest BCUT2D eigenvalue weighted by Gasteiger charge is 2.13. The van der Waals surface area contributed by atoms with Crippen molar-refractivity contribution >= 4 is 17.3 Å². The van der Waals surface area contributed by atoms with E-state index in [9.17, 15) is 4.79 Å². The Morgan fingerprint density at radius 1 is 1.67 bits per heavy atom. The van der Waals surface area contributed by atoms with Gasteiger partial charge in [0, 0.05) is 5.38 Å². The Balaban J connectivity index is 2.23. The molecule has 84 valence electrons. The van der Waals surface area contributed by atoms with E-state index in [1.54, 1.807) is 5.51 Å². The Bertz CT molecular complexity index is 285. The fraction of sp³-hybridized carbons (Fsp3) is 0.636. The van der Waals surface area contributed by atoms with Gasteiger partial charge in [-0.25, -0.2) is 4.98 Å². The first-order valence-electron chi connectivity index (χ1n) is 5.27. The number of carbonyl (C=O) groups is 1. The normalized spacial score (nSPS) is 12.4. The second kappa shape index (κ2) is 6.56. The third-order valence-electron chi connectivity index (χ3n) is 2.24. The van der Waals surface area contributed by atoms with Crippen molar-refractivity contribution in [1.82, 2.24) is 4.98 Å². The molecule has 0 aromatic carbocycles. The van der Waals surface area contributed by atoms with Crippen LogP contribution < -0.4 is 0 Å². The van der Waals surface area contributed by atoms with Crippen LogP contribution in [0.3, 0.4) is 0 Å². The summed E-state index contributed by atoms with van der Waals surface area (Å²) in [6, 6.07) is 0. The minimum Gasteiger partial charge on any atom is -0.459 e. The Morgan fingerprint density at radius 2 is 2.47 bits per heavy atom. The van der Waals surface area contributed by atoms with E-state index in [2.05, 4.69) is 11.9 Å². The predicted octanol–water partition coefficient (Wildman–Crippen LogP) is 3.01. The maximum Gasteiger partial charge on any atom is 0.309 e. The molecule has 0 saturated carbocycles. The van der Waals surface area contributed by atoms with Crippen molar-refractivity contribution in [2.24, 2.45) is 5.92 Å². The molecule has 0 bridgehead atoms. The van der Waals surface area contributed by atoms with Crippen molar-refractivity contribution in [1.29, 1.82) is 0 Å². The van der Waals surface area contributed by atoms with Gasteiger partial charge in [0.1, 0.15) is 6.61 Å². The van der Waals surface area contributed by atoms with Gasteiger partial charge in [-0.3, -0.25) is 4.79 Å². The Kier molecular flexibility index (Phi) is 5.32. The zero-order chi connectivity index (χ0) is 11.1. The van der Waals surface area contributed by atoms with Crippen LogP contribution in [-0.2, 0) is 16.1 Å². The topological polar surface area (TPSA) is 39.2 Å². The molecule has 1 heterocycles. The summed E-state index contributed by atoms with van der Waals surface area (Å²) in [5.41, 5.74) is 2.57. The molecule has 1 rings (SSSR count). The van der Waals surface area contributed by atoms with Gasteiger partial charge in [-0.15, -0.1) is 11.3 Å². The first kappa shape index (κ1) is 12.2. The van der Waals surface area contributed by atoms with Gasteiger partial charge in [-0.1, -0.05) is 26.7 Å². The van der Waals surface area contributed by atoms with Crippen molar-refractivity contribution < 1.29 is 9.53 Å². The second-order valence-corrected chi connectivity index (χ2v) is 4.35. The summed E-state index contributed by atoms with van der Waals surface area (Å²) in [7, 11) is 0.